The van der Waals surface area contributed by atoms with Crippen molar-refractivity contribution in [2.45, 2.75) is 44.8 Å². The van der Waals surface area contributed by atoms with Gasteiger partial charge < -0.3 is 10.4 Å². The van der Waals surface area contributed by atoms with E-state index in [4.69, 9.17) is 0 Å². The zero-order valence-electron chi connectivity index (χ0n) is 13.6. The number of hydrogen-bond acceptors (Lipinski definition) is 4. The Balaban J connectivity index is 1.55. The Bertz CT molecular complexity index is 765. The molecule has 6 nitrogen and oxygen atoms in total. The lowest BCUT2D eigenvalue weighted by Crippen LogP contribution is -2.36. The quantitative estimate of drug-likeness (QED) is 0.840. The predicted octanol–water partition coefficient (Wildman–Crippen LogP) is 1.45. The second-order valence-corrected chi connectivity index (χ2v) is 6.42. The molecule has 3 rings (SSSR count). The third kappa shape index (κ3) is 3.82. The number of aromatic nitrogens is 2. The number of hydrogen-bond donors (Lipinski definition) is 2. The van der Waals surface area contributed by atoms with Crippen LogP contribution in [0.4, 0.5) is 0 Å². The third-order valence-electron chi connectivity index (χ3n) is 4.76. The number of fused-ring (bicyclic) bond motifs is 1. The minimum absolute atomic E-state index is 0.114. The fourth-order valence-electron chi connectivity index (χ4n) is 3.36. The molecule has 0 aliphatic heterocycles. The summed E-state index contributed by atoms with van der Waals surface area (Å²) in [6.07, 6.45) is 5.51. The van der Waals surface area contributed by atoms with Crippen LogP contribution in [0.1, 0.15) is 32.1 Å². The molecule has 1 aliphatic carbocycles. The molecule has 1 aromatic carbocycles. The Kier molecular flexibility index (Phi) is 5.25. The second-order valence-electron chi connectivity index (χ2n) is 6.42. The number of nitrogens with one attached hydrogen (secondary N) is 1. The van der Waals surface area contributed by atoms with E-state index in [1.165, 1.54) is 19.0 Å². The molecule has 1 aliphatic rings. The van der Waals surface area contributed by atoms with E-state index in [-0.39, 0.29) is 17.8 Å². The van der Waals surface area contributed by atoms with E-state index in [0.29, 0.717) is 24.4 Å². The van der Waals surface area contributed by atoms with Crippen LogP contribution in [0.25, 0.3) is 10.9 Å². The number of amides is 1. The fourth-order valence-corrected chi connectivity index (χ4v) is 3.36. The number of aliphatic hydroxyl groups excluding tert-OH is 1. The smallest absolute Gasteiger partial charge is 0.221 e. The summed E-state index contributed by atoms with van der Waals surface area (Å²) in [5.41, 5.74) is 0.606. The highest BCUT2D eigenvalue weighted by Gasteiger charge is 2.23. The SMILES string of the molecule is O=C(CCn1ncc(=O)c2ccccc21)NCC(O)C1CCCC1. The van der Waals surface area contributed by atoms with E-state index in [1.807, 2.05) is 18.2 Å². The van der Waals surface area contributed by atoms with Crippen LogP contribution in [0, 0.1) is 5.92 Å². The number of carbonyl (C=O) groups is 1. The van der Waals surface area contributed by atoms with Crippen molar-refractivity contribution >= 4 is 16.8 Å². The maximum absolute atomic E-state index is 12.0. The maximum atomic E-state index is 12.0. The monoisotopic (exact) mass is 329 g/mol. The molecule has 6 heteroatoms. The Morgan fingerprint density at radius 2 is 2.08 bits per heavy atom. The number of aryl methyl sites for hydroxylation is 1. The number of aliphatic hydroxyl groups is 1. The highest BCUT2D eigenvalue weighted by atomic mass is 16.3. The van der Waals surface area contributed by atoms with Gasteiger partial charge >= 0.3 is 0 Å². The predicted molar refractivity (Wildman–Crippen MR) is 91.6 cm³/mol. The number of benzene rings is 1. The highest BCUT2D eigenvalue weighted by molar-refractivity contribution is 5.79. The molecule has 1 saturated carbocycles. The zero-order chi connectivity index (χ0) is 16.9. The standard InChI is InChI=1S/C18H23N3O3/c22-16(13-5-1-2-6-13)11-19-18(24)9-10-21-15-8-4-3-7-14(15)17(23)12-20-21/h3-4,7-8,12-13,16,22H,1-2,5-6,9-11H2,(H,19,24). The molecule has 2 aromatic rings. The Labute approximate surface area is 140 Å². The van der Waals surface area contributed by atoms with Crippen LogP contribution in [-0.2, 0) is 11.3 Å². The molecule has 1 aromatic heterocycles. The van der Waals surface area contributed by atoms with Crippen LogP contribution < -0.4 is 10.7 Å². The van der Waals surface area contributed by atoms with Crippen molar-refractivity contribution in [2.75, 3.05) is 6.54 Å². The fraction of sp³-hybridized carbons (Fsp3) is 0.500. The lowest BCUT2D eigenvalue weighted by Gasteiger charge is -2.18. The summed E-state index contributed by atoms with van der Waals surface area (Å²) in [5, 5.41) is 17.6. The number of rotatable bonds is 6. The molecule has 1 fully saturated rings. The maximum Gasteiger partial charge on any atom is 0.221 e. The van der Waals surface area contributed by atoms with E-state index >= 15 is 0 Å². The molecule has 24 heavy (non-hydrogen) atoms. The van der Waals surface area contributed by atoms with Gasteiger partial charge in [-0.2, -0.15) is 5.10 Å². The topological polar surface area (TPSA) is 84.2 Å². The van der Waals surface area contributed by atoms with Gasteiger partial charge in [0.1, 0.15) is 0 Å². The van der Waals surface area contributed by atoms with E-state index in [1.54, 1.807) is 10.7 Å². The summed E-state index contributed by atoms with van der Waals surface area (Å²) < 4.78 is 1.67. The Hall–Kier alpha value is -2.21. The summed E-state index contributed by atoms with van der Waals surface area (Å²) in [4.78, 5) is 23.8. The average molecular weight is 329 g/mol. The second kappa shape index (κ2) is 7.57. The molecule has 1 atom stereocenters. The van der Waals surface area contributed by atoms with Crippen molar-refractivity contribution < 1.29 is 9.90 Å². The molecule has 0 saturated heterocycles. The molecule has 1 heterocycles. The summed E-state index contributed by atoms with van der Waals surface area (Å²) in [6.45, 7) is 0.702. The molecular formula is C18H23N3O3. The molecular weight excluding hydrogens is 306 g/mol. The van der Waals surface area contributed by atoms with Gasteiger partial charge in [0.15, 0.2) is 0 Å². The van der Waals surface area contributed by atoms with Gasteiger partial charge in [0.25, 0.3) is 0 Å². The first-order chi connectivity index (χ1) is 11.6. The molecule has 2 N–H and O–H groups in total. The van der Waals surface area contributed by atoms with Crippen molar-refractivity contribution in [1.29, 1.82) is 0 Å². The first kappa shape index (κ1) is 16.6. The average Bonchev–Trinajstić information content (AvgIpc) is 3.14. The van der Waals surface area contributed by atoms with E-state index in [0.717, 1.165) is 18.4 Å². The van der Waals surface area contributed by atoms with Gasteiger partial charge in [0.05, 0.1) is 24.4 Å². The molecule has 0 radical (unpaired) electrons. The lowest BCUT2D eigenvalue weighted by molar-refractivity contribution is -0.122. The molecule has 0 bridgehead atoms. The Morgan fingerprint density at radius 3 is 2.88 bits per heavy atom. The third-order valence-corrected chi connectivity index (χ3v) is 4.76. The molecule has 1 amide bonds. The van der Waals surface area contributed by atoms with Crippen LogP contribution in [0.15, 0.2) is 35.3 Å². The van der Waals surface area contributed by atoms with Crippen molar-refractivity contribution in [3.63, 3.8) is 0 Å². The normalized spacial score (nSPS) is 16.4. The molecule has 0 spiro atoms. The van der Waals surface area contributed by atoms with Crippen LogP contribution in [0.3, 0.4) is 0 Å². The molecule has 1 unspecified atom stereocenters. The highest BCUT2D eigenvalue weighted by Crippen LogP contribution is 2.27. The van der Waals surface area contributed by atoms with Gasteiger partial charge in [-0.1, -0.05) is 25.0 Å². The van der Waals surface area contributed by atoms with E-state index in [2.05, 4.69) is 10.4 Å². The summed E-state index contributed by atoms with van der Waals surface area (Å²) in [7, 11) is 0. The van der Waals surface area contributed by atoms with Crippen LogP contribution in [0.2, 0.25) is 0 Å². The lowest BCUT2D eigenvalue weighted by atomic mass is 10.0. The van der Waals surface area contributed by atoms with Gasteiger partial charge in [0, 0.05) is 18.4 Å². The van der Waals surface area contributed by atoms with Gasteiger partial charge in [0.2, 0.25) is 11.3 Å². The van der Waals surface area contributed by atoms with Crippen LogP contribution >= 0.6 is 0 Å². The van der Waals surface area contributed by atoms with Gasteiger partial charge in [-0.05, 0) is 30.9 Å². The van der Waals surface area contributed by atoms with Crippen molar-refractivity contribution in [3.05, 3.63) is 40.7 Å². The largest absolute Gasteiger partial charge is 0.391 e. The first-order valence-electron chi connectivity index (χ1n) is 8.55. The first-order valence-corrected chi connectivity index (χ1v) is 8.55. The van der Waals surface area contributed by atoms with Crippen LogP contribution in [-0.4, -0.2) is 33.4 Å². The Morgan fingerprint density at radius 1 is 1.33 bits per heavy atom. The number of nitrogens with zero attached hydrogens (tertiary/aromatic N) is 2. The van der Waals surface area contributed by atoms with Gasteiger partial charge in [-0.15, -0.1) is 0 Å². The summed E-state index contributed by atoms with van der Waals surface area (Å²) >= 11 is 0. The van der Waals surface area contributed by atoms with E-state index in [9.17, 15) is 14.7 Å². The van der Waals surface area contributed by atoms with Crippen molar-refractivity contribution in [2.24, 2.45) is 5.92 Å². The van der Waals surface area contributed by atoms with Gasteiger partial charge in [-0.25, -0.2) is 0 Å². The number of para-hydroxylation sites is 1. The van der Waals surface area contributed by atoms with E-state index < -0.39 is 6.10 Å². The zero-order valence-corrected chi connectivity index (χ0v) is 13.6. The van der Waals surface area contributed by atoms with Crippen molar-refractivity contribution in [3.8, 4) is 0 Å². The van der Waals surface area contributed by atoms with Crippen LogP contribution in [0.5, 0.6) is 0 Å². The number of carbonyl (C=O) groups excluding carboxylic acids is 1. The minimum Gasteiger partial charge on any atom is -0.391 e. The minimum atomic E-state index is -0.456. The molecule has 128 valence electrons. The summed E-state index contributed by atoms with van der Waals surface area (Å²) in [5.74, 6) is 0.200. The van der Waals surface area contributed by atoms with Gasteiger partial charge in [-0.3, -0.25) is 14.3 Å². The van der Waals surface area contributed by atoms with Crippen molar-refractivity contribution in [1.82, 2.24) is 15.1 Å². The summed E-state index contributed by atoms with van der Waals surface area (Å²) in [6, 6.07) is 7.24.